The average molecular weight is 287 g/mol. The molecular formula is C12H12F3N3S. The number of benzene rings is 1. The van der Waals surface area contributed by atoms with Crippen LogP contribution in [0.5, 0.6) is 0 Å². The Morgan fingerprint density at radius 3 is 2.63 bits per heavy atom. The number of halogens is 3. The Labute approximate surface area is 112 Å². The lowest BCUT2D eigenvalue weighted by Gasteiger charge is -2.16. The van der Waals surface area contributed by atoms with Gasteiger partial charge in [0.1, 0.15) is 5.82 Å². The van der Waals surface area contributed by atoms with Crippen LogP contribution in [-0.2, 0) is 12.7 Å². The molecule has 0 aliphatic rings. The highest BCUT2D eigenvalue weighted by atomic mass is 32.1. The lowest BCUT2D eigenvalue weighted by Crippen LogP contribution is -2.16. The monoisotopic (exact) mass is 287 g/mol. The number of hydrogen-bond acceptors (Lipinski definition) is 4. The maximum atomic E-state index is 12.6. The lowest BCUT2D eigenvalue weighted by molar-refractivity contribution is -0.137. The molecule has 0 bridgehead atoms. The van der Waals surface area contributed by atoms with Crippen LogP contribution in [0.15, 0.2) is 24.3 Å². The van der Waals surface area contributed by atoms with Gasteiger partial charge in [0.15, 0.2) is 0 Å². The van der Waals surface area contributed by atoms with Crippen molar-refractivity contribution in [3.8, 4) is 0 Å². The van der Waals surface area contributed by atoms with E-state index in [1.54, 1.807) is 24.9 Å². The molecule has 0 amide bonds. The molecule has 0 spiro atoms. The molecule has 7 heteroatoms. The van der Waals surface area contributed by atoms with Gasteiger partial charge in [0.2, 0.25) is 5.13 Å². The summed E-state index contributed by atoms with van der Waals surface area (Å²) in [6.07, 6.45) is -4.31. The topological polar surface area (TPSA) is 29.0 Å². The molecule has 3 nitrogen and oxygen atoms in total. The van der Waals surface area contributed by atoms with Gasteiger partial charge in [-0.2, -0.15) is 17.5 Å². The molecule has 0 aliphatic heterocycles. The summed E-state index contributed by atoms with van der Waals surface area (Å²) < 4.78 is 41.8. The van der Waals surface area contributed by atoms with Crippen molar-refractivity contribution in [2.24, 2.45) is 0 Å². The van der Waals surface area contributed by atoms with Crippen molar-refractivity contribution >= 4 is 16.7 Å². The van der Waals surface area contributed by atoms with Crippen LogP contribution in [0.3, 0.4) is 0 Å². The van der Waals surface area contributed by atoms with E-state index < -0.39 is 11.7 Å². The minimum absolute atomic E-state index is 0.360. The summed E-state index contributed by atoms with van der Waals surface area (Å²) in [4.78, 5) is 5.97. The van der Waals surface area contributed by atoms with Gasteiger partial charge in [-0.1, -0.05) is 12.1 Å². The molecule has 19 heavy (non-hydrogen) atoms. The first-order chi connectivity index (χ1) is 8.86. The van der Waals surface area contributed by atoms with E-state index in [1.165, 1.54) is 17.6 Å². The van der Waals surface area contributed by atoms with Gasteiger partial charge < -0.3 is 4.90 Å². The van der Waals surface area contributed by atoms with Crippen molar-refractivity contribution in [3.63, 3.8) is 0 Å². The van der Waals surface area contributed by atoms with Crippen LogP contribution in [0.25, 0.3) is 0 Å². The van der Waals surface area contributed by atoms with Gasteiger partial charge in [0.05, 0.1) is 5.56 Å². The smallest absolute Gasteiger partial charge is 0.346 e. The Hall–Kier alpha value is -1.63. The summed E-state index contributed by atoms with van der Waals surface area (Å²) in [5.41, 5.74) is -0.0444. The van der Waals surface area contributed by atoms with Crippen molar-refractivity contribution in [2.45, 2.75) is 19.6 Å². The molecule has 1 aromatic heterocycles. The first-order valence-electron chi connectivity index (χ1n) is 5.54. The standard InChI is InChI=1S/C12H12F3N3S/c1-8-16-11(19-17-8)18(2)7-9-4-3-5-10(6-9)12(13,14)15/h3-6H,7H2,1-2H3. The average Bonchev–Trinajstić information content (AvgIpc) is 2.75. The highest BCUT2D eigenvalue weighted by Crippen LogP contribution is 2.30. The summed E-state index contributed by atoms with van der Waals surface area (Å²) in [6.45, 7) is 2.14. The first-order valence-corrected chi connectivity index (χ1v) is 6.31. The molecule has 0 saturated heterocycles. The third kappa shape index (κ3) is 3.44. The molecule has 1 aromatic carbocycles. The molecule has 0 atom stereocenters. The fourth-order valence-electron chi connectivity index (χ4n) is 1.63. The minimum atomic E-state index is -4.31. The van der Waals surface area contributed by atoms with E-state index in [2.05, 4.69) is 9.36 Å². The van der Waals surface area contributed by atoms with Crippen LogP contribution in [0.1, 0.15) is 17.0 Å². The second-order valence-electron chi connectivity index (χ2n) is 4.18. The van der Waals surface area contributed by atoms with E-state index in [4.69, 9.17) is 0 Å². The van der Waals surface area contributed by atoms with Crippen molar-refractivity contribution < 1.29 is 13.2 Å². The van der Waals surface area contributed by atoms with Crippen LogP contribution in [0.4, 0.5) is 18.3 Å². The van der Waals surface area contributed by atoms with Gasteiger partial charge in [-0.05, 0) is 24.6 Å². The van der Waals surface area contributed by atoms with Gasteiger partial charge in [-0.3, -0.25) is 0 Å². The van der Waals surface area contributed by atoms with E-state index in [1.807, 2.05) is 0 Å². The normalized spacial score (nSPS) is 11.6. The van der Waals surface area contributed by atoms with E-state index in [9.17, 15) is 13.2 Å². The van der Waals surface area contributed by atoms with Gasteiger partial charge in [0, 0.05) is 25.1 Å². The Balaban J connectivity index is 2.15. The molecule has 0 N–H and O–H groups in total. The number of aryl methyl sites for hydroxylation is 1. The molecule has 0 saturated carbocycles. The number of nitrogens with zero attached hydrogens (tertiary/aromatic N) is 3. The highest BCUT2D eigenvalue weighted by Gasteiger charge is 2.30. The van der Waals surface area contributed by atoms with Gasteiger partial charge in [0.25, 0.3) is 0 Å². The predicted molar refractivity (Wildman–Crippen MR) is 68.2 cm³/mol. The number of alkyl halides is 3. The SMILES string of the molecule is Cc1nsc(N(C)Cc2cccc(C(F)(F)F)c2)n1. The van der Waals surface area contributed by atoms with Crippen molar-refractivity contribution in [1.82, 2.24) is 9.36 Å². The second kappa shape index (κ2) is 5.16. The molecule has 0 radical (unpaired) electrons. The molecule has 1 heterocycles. The van der Waals surface area contributed by atoms with Gasteiger partial charge >= 0.3 is 6.18 Å². The molecule has 0 aliphatic carbocycles. The Bertz CT molecular complexity index is 565. The maximum Gasteiger partial charge on any atom is 0.416 e. The molecule has 2 rings (SSSR count). The second-order valence-corrected chi connectivity index (χ2v) is 4.91. The summed E-state index contributed by atoms with van der Waals surface area (Å²) in [5.74, 6) is 0.663. The van der Waals surface area contributed by atoms with Crippen LogP contribution < -0.4 is 4.90 Å². The Kier molecular flexibility index (Phi) is 3.75. The predicted octanol–water partition coefficient (Wildman–Crippen LogP) is 3.50. The van der Waals surface area contributed by atoms with E-state index in [-0.39, 0.29) is 0 Å². The summed E-state index contributed by atoms with van der Waals surface area (Å²) in [5, 5.41) is 0.690. The summed E-state index contributed by atoms with van der Waals surface area (Å²) >= 11 is 1.23. The summed E-state index contributed by atoms with van der Waals surface area (Å²) in [7, 11) is 1.78. The van der Waals surface area contributed by atoms with Crippen molar-refractivity contribution in [1.29, 1.82) is 0 Å². The first kappa shape index (κ1) is 13.8. The maximum absolute atomic E-state index is 12.6. The number of rotatable bonds is 3. The zero-order valence-electron chi connectivity index (χ0n) is 10.4. The van der Waals surface area contributed by atoms with Crippen LogP contribution in [0.2, 0.25) is 0 Å². The molecule has 2 aromatic rings. The van der Waals surface area contributed by atoms with E-state index in [0.717, 1.165) is 12.1 Å². The third-order valence-corrected chi connectivity index (χ3v) is 3.44. The quantitative estimate of drug-likeness (QED) is 0.865. The number of hydrogen-bond donors (Lipinski definition) is 0. The molecular weight excluding hydrogens is 275 g/mol. The Morgan fingerprint density at radius 1 is 1.32 bits per heavy atom. The minimum Gasteiger partial charge on any atom is -0.346 e. The van der Waals surface area contributed by atoms with E-state index >= 15 is 0 Å². The molecule has 102 valence electrons. The number of anilines is 1. The van der Waals surface area contributed by atoms with Crippen LogP contribution in [0, 0.1) is 6.92 Å². The van der Waals surface area contributed by atoms with Crippen LogP contribution >= 0.6 is 11.5 Å². The van der Waals surface area contributed by atoms with Gasteiger partial charge in [-0.15, -0.1) is 0 Å². The lowest BCUT2D eigenvalue weighted by atomic mass is 10.1. The van der Waals surface area contributed by atoms with Crippen LogP contribution in [-0.4, -0.2) is 16.4 Å². The van der Waals surface area contributed by atoms with E-state index in [0.29, 0.717) is 23.1 Å². The highest BCUT2D eigenvalue weighted by molar-refractivity contribution is 7.09. The third-order valence-electron chi connectivity index (χ3n) is 2.52. The zero-order chi connectivity index (χ0) is 14.0. The fourth-order valence-corrected chi connectivity index (χ4v) is 2.26. The Morgan fingerprint density at radius 2 is 2.05 bits per heavy atom. The summed E-state index contributed by atoms with van der Waals surface area (Å²) in [6, 6.07) is 5.31. The largest absolute Gasteiger partial charge is 0.416 e. The fraction of sp³-hybridized carbons (Fsp3) is 0.333. The van der Waals surface area contributed by atoms with Crippen molar-refractivity contribution in [2.75, 3.05) is 11.9 Å². The van der Waals surface area contributed by atoms with Crippen molar-refractivity contribution in [3.05, 3.63) is 41.2 Å². The molecule has 0 fully saturated rings. The van der Waals surface area contributed by atoms with Gasteiger partial charge in [-0.25, -0.2) is 4.98 Å². The zero-order valence-corrected chi connectivity index (χ0v) is 11.2. The number of aromatic nitrogens is 2. The molecule has 0 unspecified atom stereocenters.